The number of benzene rings is 2. The summed E-state index contributed by atoms with van der Waals surface area (Å²) in [5.74, 6) is 0.878. The molecule has 0 radical (unpaired) electrons. The lowest BCUT2D eigenvalue weighted by atomic mass is 10.3. The minimum absolute atomic E-state index is 0.216. The summed E-state index contributed by atoms with van der Waals surface area (Å²) in [6.07, 6.45) is 0. The number of hydrogen-bond donors (Lipinski definition) is 1. The zero-order valence-corrected chi connectivity index (χ0v) is 19.4. The van der Waals surface area contributed by atoms with Crippen LogP contribution in [0.15, 0.2) is 58.0 Å². The van der Waals surface area contributed by atoms with Gasteiger partial charge in [0.15, 0.2) is 9.50 Å². The third-order valence-corrected chi connectivity index (χ3v) is 7.71. The van der Waals surface area contributed by atoms with Crippen molar-refractivity contribution >= 4 is 56.7 Å². The van der Waals surface area contributed by atoms with Crippen molar-refractivity contribution in [1.82, 2.24) is 19.7 Å². The molecule has 0 bridgehead atoms. The number of thiazole rings is 1. The Bertz CT molecular complexity index is 1180. The molecule has 2 aromatic heterocycles. The molecule has 0 aliphatic heterocycles. The second-order valence-corrected chi connectivity index (χ2v) is 10.2. The van der Waals surface area contributed by atoms with Gasteiger partial charge in [0.1, 0.15) is 11.6 Å². The van der Waals surface area contributed by atoms with Gasteiger partial charge in [-0.1, -0.05) is 41.7 Å². The Hall–Kier alpha value is -2.43. The van der Waals surface area contributed by atoms with Gasteiger partial charge in [0.25, 0.3) is 0 Å². The normalized spacial score (nSPS) is 12.2. The summed E-state index contributed by atoms with van der Waals surface area (Å²) in [7, 11) is 0. The highest BCUT2D eigenvalue weighted by atomic mass is 32.2. The fourth-order valence-corrected chi connectivity index (χ4v) is 5.83. The van der Waals surface area contributed by atoms with Gasteiger partial charge < -0.3 is 9.88 Å². The Morgan fingerprint density at radius 2 is 2.06 bits per heavy atom. The molecule has 1 unspecified atom stereocenters. The Morgan fingerprint density at radius 1 is 1.23 bits per heavy atom. The van der Waals surface area contributed by atoms with Gasteiger partial charge in [0.05, 0.1) is 21.2 Å². The maximum atomic E-state index is 13.3. The fraction of sp³-hybridized carbons (Fsp3) is 0.238. The number of nitrogens with zero attached hydrogens (tertiary/aromatic N) is 4. The van der Waals surface area contributed by atoms with Crippen molar-refractivity contribution in [2.45, 2.75) is 40.9 Å². The summed E-state index contributed by atoms with van der Waals surface area (Å²) in [5.41, 5.74) is 1.43. The molecule has 31 heavy (non-hydrogen) atoms. The molecule has 0 saturated heterocycles. The van der Waals surface area contributed by atoms with Crippen LogP contribution in [0.3, 0.4) is 0 Å². The van der Waals surface area contributed by atoms with E-state index in [0.717, 1.165) is 20.4 Å². The van der Waals surface area contributed by atoms with Crippen molar-refractivity contribution in [2.24, 2.45) is 0 Å². The van der Waals surface area contributed by atoms with Crippen LogP contribution in [0.5, 0.6) is 0 Å². The Kier molecular flexibility index (Phi) is 6.89. The van der Waals surface area contributed by atoms with E-state index in [9.17, 15) is 9.18 Å². The number of thioether (sulfide) groups is 2. The molecule has 1 amide bonds. The van der Waals surface area contributed by atoms with Gasteiger partial charge in [-0.2, -0.15) is 0 Å². The number of rotatable bonds is 8. The van der Waals surface area contributed by atoms with Crippen LogP contribution in [0, 0.1) is 5.82 Å². The molecule has 6 nitrogen and oxygen atoms in total. The number of anilines is 1. The average molecular weight is 474 g/mol. The van der Waals surface area contributed by atoms with Crippen molar-refractivity contribution in [3.8, 4) is 0 Å². The summed E-state index contributed by atoms with van der Waals surface area (Å²) < 4.78 is 17.5. The highest BCUT2D eigenvalue weighted by molar-refractivity contribution is 8.00. The predicted octanol–water partition coefficient (Wildman–Crippen LogP) is 5.46. The molecular formula is C21H20FN5OS3. The minimum atomic E-state index is -0.414. The van der Waals surface area contributed by atoms with E-state index in [-0.39, 0.29) is 11.7 Å². The van der Waals surface area contributed by atoms with Crippen molar-refractivity contribution in [2.75, 3.05) is 5.32 Å². The van der Waals surface area contributed by atoms with Crippen LogP contribution < -0.4 is 5.32 Å². The third kappa shape index (κ3) is 5.25. The summed E-state index contributed by atoms with van der Waals surface area (Å²) in [6, 6.07) is 13.9. The zero-order chi connectivity index (χ0) is 21.8. The van der Waals surface area contributed by atoms with E-state index >= 15 is 0 Å². The maximum absolute atomic E-state index is 13.3. The summed E-state index contributed by atoms with van der Waals surface area (Å²) in [5, 5.41) is 11.6. The van der Waals surface area contributed by atoms with Crippen LogP contribution in [0.2, 0.25) is 0 Å². The van der Waals surface area contributed by atoms with Crippen molar-refractivity contribution < 1.29 is 9.18 Å². The molecule has 1 N–H and O–H groups in total. The third-order valence-electron chi connectivity index (χ3n) is 4.45. The van der Waals surface area contributed by atoms with Gasteiger partial charge >= 0.3 is 0 Å². The van der Waals surface area contributed by atoms with Crippen LogP contribution >= 0.6 is 34.9 Å². The number of nitrogens with one attached hydrogen (secondary N) is 1. The van der Waals surface area contributed by atoms with Crippen LogP contribution in [0.4, 0.5) is 10.1 Å². The lowest BCUT2D eigenvalue weighted by Crippen LogP contribution is -2.23. The van der Waals surface area contributed by atoms with E-state index in [1.165, 1.54) is 23.9 Å². The van der Waals surface area contributed by atoms with E-state index in [2.05, 4.69) is 26.6 Å². The topological polar surface area (TPSA) is 72.7 Å². The quantitative estimate of drug-likeness (QED) is 0.343. The largest absolute Gasteiger partial charge is 0.325 e. The fourth-order valence-electron chi connectivity index (χ4n) is 2.89. The van der Waals surface area contributed by atoms with Gasteiger partial charge in [0.2, 0.25) is 5.91 Å². The van der Waals surface area contributed by atoms with Crippen LogP contribution in [0.25, 0.3) is 10.2 Å². The first-order chi connectivity index (χ1) is 15.0. The van der Waals surface area contributed by atoms with E-state index in [1.807, 2.05) is 29.7 Å². The molecule has 0 aliphatic carbocycles. The highest BCUT2D eigenvalue weighted by Gasteiger charge is 2.20. The Labute approximate surface area is 191 Å². The maximum Gasteiger partial charge on any atom is 0.237 e. The van der Waals surface area contributed by atoms with Crippen molar-refractivity contribution in [1.29, 1.82) is 0 Å². The molecule has 160 valence electrons. The lowest BCUT2D eigenvalue weighted by molar-refractivity contribution is -0.115. The molecule has 1 atom stereocenters. The zero-order valence-electron chi connectivity index (χ0n) is 16.9. The Morgan fingerprint density at radius 3 is 2.84 bits per heavy atom. The number of aromatic nitrogens is 4. The molecule has 10 heteroatoms. The lowest BCUT2D eigenvalue weighted by Gasteiger charge is -2.12. The second kappa shape index (κ2) is 9.80. The standard InChI is InChI=1S/C21H20FN5OS3/c1-3-27-18(12-29-21-24-16-9-4-5-10-17(16)31-21)25-26-20(27)30-13(2)19(28)23-15-8-6-7-14(22)11-15/h4-11,13H,3,12H2,1-2H3,(H,23,28). The summed E-state index contributed by atoms with van der Waals surface area (Å²) >= 11 is 4.63. The van der Waals surface area contributed by atoms with Crippen molar-refractivity contribution in [3.63, 3.8) is 0 Å². The summed E-state index contributed by atoms with van der Waals surface area (Å²) in [4.78, 5) is 17.2. The van der Waals surface area contributed by atoms with Gasteiger partial charge in [-0.15, -0.1) is 21.5 Å². The first kappa shape index (κ1) is 21.8. The van der Waals surface area contributed by atoms with Crippen LogP contribution in [-0.4, -0.2) is 30.9 Å². The number of amides is 1. The minimum Gasteiger partial charge on any atom is -0.325 e. The van der Waals surface area contributed by atoms with Gasteiger partial charge in [0, 0.05) is 12.2 Å². The van der Waals surface area contributed by atoms with Crippen LogP contribution in [-0.2, 0) is 17.1 Å². The second-order valence-electron chi connectivity index (χ2n) is 6.64. The molecule has 0 fully saturated rings. The van der Waals surface area contributed by atoms with E-state index < -0.39 is 5.25 Å². The SMILES string of the molecule is CCn1c(CSc2nc3ccccc3s2)nnc1SC(C)C(=O)Nc1cccc(F)c1. The number of carbonyl (C=O) groups is 1. The predicted molar refractivity (Wildman–Crippen MR) is 125 cm³/mol. The first-order valence-electron chi connectivity index (χ1n) is 9.67. The molecule has 2 heterocycles. The number of fused-ring (bicyclic) bond motifs is 1. The van der Waals surface area contributed by atoms with Crippen molar-refractivity contribution in [3.05, 3.63) is 60.2 Å². The van der Waals surface area contributed by atoms with Gasteiger partial charge in [-0.25, -0.2) is 9.37 Å². The average Bonchev–Trinajstić information content (AvgIpc) is 3.35. The molecule has 2 aromatic carbocycles. The number of carbonyl (C=O) groups excluding carboxylic acids is 1. The van der Waals surface area contributed by atoms with E-state index in [4.69, 9.17) is 0 Å². The molecule has 4 rings (SSSR count). The Balaban J connectivity index is 1.40. The van der Waals surface area contributed by atoms with Gasteiger partial charge in [-0.3, -0.25) is 4.79 Å². The molecular weight excluding hydrogens is 453 g/mol. The molecule has 0 spiro atoms. The molecule has 0 saturated carbocycles. The monoisotopic (exact) mass is 473 g/mol. The number of halogens is 1. The number of para-hydroxylation sites is 1. The molecule has 4 aromatic rings. The first-order valence-corrected chi connectivity index (χ1v) is 12.3. The van der Waals surface area contributed by atoms with Gasteiger partial charge in [-0.05, 0) is 44.2 Å². The molecule has 0 aliphatic rings. The smallest absolute Gasteiger partial charge is 0.237 e. The summed E-state index contributed by atoms with van der Waals surface area (Å²) in [6.45, 7) is 4.52. The number of hydrogen-bond acceptors (Lipinski definition) is 7. The van der Waals surface area contributed by atoms with E-state index in [0.29, 0.717) is 23.1 Å². The van der Waals surface area contributed by atoms with E-state index in [1.54, 1.807) is 42.2 Å². The highest BCUT2D eigenvalue weighted by Crippen LogP contribution is 2.32. The van der Waals surface area contributed by atoms with Crippen LogP contribution in [0.1, 0.15) is 19.7 Å².